The van der Waals surface area contributed by atoms with Crippen LogP contribution in [0.1, 0.15) is 12.5 Å². The Morgan fingerprint density at radius 2 is 1.04 bits per heavy atom. The van der Waals surface area contributed by atoms with Crippen LogP contribution in [0.15, 0.2) is 176 Å². The van der Waals surface area contributed by atoms with E-state index < -0.39 is 0 Å². The molecule has 0 unspecified atom stereocenters. The van der Waals surface area contributed by atoms with Crippen LogP contribution in [0.25, 0.3) is 82.9 Å². The first-order chi connectivity index (χ1) is 24.2. The van der Waals surface area contributed by atoms with Crippen LogP contribution in [0.2, 0.25) is 0 Å². The molecule has 0 bridgehead atoms. The van der Waals surface area contributed by atoms with E-state index in [1.165, 1.54) is 77.2 Å². The molecular formula is C47H34N2. The maximum absolute atomic E-state index is 4.61. The predicted molar refractivity (Wildman–Crippen MR) is 207 cm³/mol. The van der Waals surface area contributed by atoms with Crippen LogP contribution < -0.4 is 0 Å². The summed E-state index contributed by atoms with van der Waals surface area (Å²) in [6.45, 7) is 2.23. The van der Waals surface area contributed by atoms with Gasteiger partial charge in [-0.05, 0) is 93.2 Å². The molecule has 49 heavy (non-hydrogen) atoms. The van der Waals surface area contributed by atoms with Gasteiger partial charge in [0.2, 0.25) is 0 Å². The topological polar surface area (TPSA) is 17.8 Å². The van der Waals surface area contributed by atoms with Crippen molar-refractivity contribution in [1.29, 1.82) is 0 Å². The van der Waals surface area contributed by atoms with Crippen molar-refractivity contribution < 1.29 is 0 Å². The Bertz CT molecular complexity index is 2640. The molecular weight excluding hydrogens is 593 g/mol. The van der Waals surface area contributed by atoms with E-state index in [1.807, 2.05) is 18.3 Å². The number of aryl methyl sites for hydroxylation is 1. The van der Waals surface area contributed by atoms with Gasteiger partial charge in [0.25, 0.3) is 0 Å². The third-order valence-corrected chi connectivity index (χ3v) is 9.84. The van der Waals surface area contributed by atoms with Gasteiger partial charge in [0.15, 0.2) is 0 Å². The molecule has 0 N–H and O–H groups in total. The molecule has 232 valence electrons. The standard InChI is InChI=1S/C47H34N2/c1-2-32-12-3-5-19-40(32)38-17-9-15-34(28-38)36-23-25-42-43-26-24-37(35-16-10-18-39(29-35)44-21-7-8-27-48-44)31-47(43)49(46(42)30-36)45-22-11-14-33-13-4-6-20-41(33)45/h3-31H,2H2,1H3. The van der Waals surface area contributed by atoms with Gasteiger partial charge >= 0.3 is 0 Å². The van der Waals surface area contributed by atoms with Gasteiger partial charge < -0.3 is 4.57 Å². The van der Waals surface area contributed by atoms with Gasteiger partial charge in [-0.3, -0.25) is 4.98 Å². The smallest absolute Gasteiger partial charge is 0.0702 e. The van der Waals surface area contributed by atoms with Crippen LogP contribution in [-0.2, 0) is 6.42 Å². The van der Waals surface area contributed by atoms with Gasteiger partial charge in [0, 0.05) is 27.9 Å². The first-order valence-corrected chi connectivity index (χ1v) is 17.0. The molecule has 0 atom stereocenters. The van der Waals surface area contributed by atoms with Gasteiger partial charge in [0.1, 0.15) is 0 Å². The van der Waals surface area contributed by atoms with Crippen LogP contribution in [0.4, 0.5) is 0 Å². The second-order valence-electron chi connectivity index (χ2n) is 12.7. The van der Waals surface area contributed by atoms with Crippen LogP contribution in [0, 0.1) is 0 Å². The number of hydrogen-bond acceptors (Lipinski definition) is 1. The fourth-order valence-corrected chi connectivity index (χ4v) is 7.41. The second-order valence-corrected chi connectivity index (χ2v) is 12.7. The minimum atomic E-state index is 0.977. The molecule has 0 saturated carbocycles. The van der Waals surface area contributed by atoms with E-state index >= 15 is 0 Å². The average molecular weight is 627 g/mol. The van der Waals surface area contributed by atoms with Crippen molar-refractivity contribution in [2.24, 2.45) is 0 Å². The first-order valence-electron chi connectivity index (χ1n) is 17.0. The van der Waals surface area contributed by atoms with Crippen molar-refractivity contribution in [2.45, 2.75) is 13.3 Å². The van der Waals surface area contributed by atoms with Gasteiger partial charge in [-0.1, -0.05) is 134 Å². The molecule has 0 spiro atoms. The first kappa shape index (κ1) is 28.9. The van der Waals surface area contributed by atoms with Crippen molar-refractivity contribution in [3.8, 4) is 50.3 Å². The highest BCUT2D eigenvalue weighted by molar-refractivity contribution is 6.12. The molecule has 2 nitrogen and oxygen atoms in total. The molecule has 2 heteroatoms. The molecule has 0 amide bonds. The summed E-state index contributed by atoms with van der Waals surface area (Å²) in [7, 11) is 0. The summed E-state index contributed by atoms with van der Waals surface area (Å²) in [5, 5.41) is 4.94. The zero-order chi connectivity index (χ0) is 32.7. The Kier molecular flexibility index (Phi) is 7.13. The maximum atomic E-state index is 4.61. The van der Waals surface area contributed by atoms with Gasteiger partial charge in [0.05, 0.1) is 22.4 Å². The highest BCUT2D eigenvalue weighted by Gasteiger charge is 2.17. The average Bonchev–Trinajstić information content (AvgIpc) is 3.51. The minimum absolute atomic E-state index is 0.977. The van der Waals surface area contributed by atoms with Crippen molar-refractivity contribution >= 4 is 32.6 Å². The van der Waals surface area contributed by atoms with E-state index in [9.17, 15) is 0 Å². The van der Waals surface area contributed by atoms with Crippen LogP contribution in [0.5, 0.6) is 0 Å². The van der Waals surface area contributed by atoms with Crippen LogP contribution in [0.3, 0.4) is 0 Å². The fraction of sp³-hybridized carbons (Fsp3) is 0.0426. The lowest BCUT2D eigenvalue weighted by Crippen LogP contribution is -1.96. The largest absolute Gasteiger partial charge is 0.309 e. The Hall–Kier alpha value is -6.25. The summed E-state index contributed by atoms with van der Waals surface area (Å²) in [4.78, 5) is 4.61. The number of nitrogens with zero attached hydrogens (tertiary/aromatic N) is 2. The van der Waals surface area contributed by atoms with Crippen molar-refractivity contribution in [3.63, 3.8) is 0 Å². The molecule has 2 heterocycles. The molecule has 0 radical (unpaired) electrons. The van der Waals surface area contributed by atoms with Crippen LogP contribution in [-0.4, -0.2) is 9.55 Å². The fourth-order valence-electron chi connectivity index (χ4n) is 7.41. The molecule has 9 aromatic rings. The van der Waals surface area contributed by atoms with Crippen molar-refractivity contribution in [2.75, 3.05) is 0 Å². The third-order valence-electron chi connectivity index (χ3n) is 9.84. The molecule has 2 aromatic heterocycles. The molecule has 0 aliphatic rings. The molecule has 7 aromatic carbocycles. The Balaban J connectivity index is 1.27. The Labute approximate surface area is 286 Å². The quantitative estimate of drug-likeness (QED) is 0.180. The Morgan fingerprint density at radius 1 is 0.449 bits per heavy atom. The van der Waals surface area contributed by atoms with E-state index in [-0.39, 0.29) is 0 Å². The van der Waals surface area contributed by atoms with Gasteiger partial charge in [-0.2, -0.15) is 0 Å². The highest BCUT2D eigenvalue weighted by atomic mass is 15.0. The SMILES string of the molecule is CCc1ccccc1-c1cccc(-c2ccc3c4ccc(-c5cccc(-c6ccccn6)c5)cc4n(-c4cccc5ccccc45)c3c2)c1. The summed E-state index contributed by atoms with van der Waals surface area (Å²) in [5.41, 5.74) is 14.3. The highest BCUT2D eigenvalue weighted by Crippen LogP contribution is 2.39. The number of rotatable bonds is 6. The number of aromatic nitrogens is 2. The van der Waals surface area contributed by atoms with E-state index in [2.05, 4.69) is 174 Å². The monoisotopic (exact) mass is 626 g/mol. The zero-order valence-electron chi connectivity index (χ0n) is 27.3. The van der Waals surface area contributed by atoms with Crippen molar-refractivity contribution in [3.05, 3.63) is 182 Å². The zero-order valence-corrected chi connectivity index (χ0v) is 27.3. The van der Waals surface area contributed by atoms with Gasteiger partial charge in [-0.25, -0.2) is 0 Å². The summed E-state index contributed by atoms with van der Waals surface area (Å²) in [6.07, 6.45) is 2.86. The number of hydrogen-bond donors (Lipinski definition) is 0. The molecule has 0 aliphatic carbocycles. The maximum Gasteiger partial charge on any atom is 0.0702 e. The molecule has 0 fully saturated rings. The lowest BCUT2D eigenvalue weighted by atomic mass is 9.94. The molecule has 9 rings (SSSR count). The number of fused-ring (bicyclic) bond motifs is 4. The molecule has 0 saturated heterocycles. The minimum Gasteiger partial charge on any atom is -0.309 e. The summed E-state index contributed by atoms with van der Waals surface area (Å²) in [5.74, 6) is 0. The van der Waals surface area contributed by atoms with E-state index in [0.29, 0.717) is 0 Å². The lowest BCUT2D eigenvalue weighted by Gasteiger charge is -2.13. The van der Waals surface area contributed by atoms with E-state index in [1.54, 1.807) is 0 Å². The van der Waals surface area contributed by atoms with Gasteiger partial charge in [-0.15, -0.1) is 0 Å². The predicted octanol–water partition coefficient (Wildman–Crippen LogP) is 12.6. The van der Waals surface area contributed by atoms with E-state index in [4.69, 9.17) is 0 Å². The van der Waals surface area contributed by atoms with Crippen molar-refractivity contribution in [1.82, 2.24) is 9.55 Å². The summed E-state index contributed by atoms with van der Waals surface area (Å²) in [6, 6.07) is 61.7. The van der Waals surface area contributed by atoms with E-state index in [0.717, 1.165) is 17.7 Å². The molecule has 0 aliphatic heterocycles. The van der Waals surface area contributed by atoms with Crippen LogP contribution >= 0.6 is 0 Å². The second kappa shape index (κ2) is 12.1. The third kappa shape index (κ3) is 5.10. The Morgan fingerprint density at radius 3 is 1.78 bits per heavy atom. The summed E-state index contributed by atoms with van der Waals surface area (Å²) >= 11 is 0. The normalized spacial score (nSPS) is 11.4. The number of pyridine rings is 1. The lowest BCUT2D eigenvalue weighted by molar-refractivity contribution is 1.14. The summed E-state index contributed by atoms with van der Waals surface area (Å²) < 4.78 is 2.47. The number of benzene rings is 7.